The fourth-order valence-electron chi connectivity index (χ4n) is 6.33. The van der Waals surface area contributed by atoms with Gasteiger partial charge in [0.05, 0.1) is 27.7 Å². The molecule has 9 nitrogen and oxygen atoms in total. The highest BCUT2D eigenvalue weighted by atomic mass is 31.2. The van der Waals surface area contributed by atoms with Gasteiger partial charge in [-0.25, -0.2) is 4.57 Å². The molecule has 0 fully saturated rings. The molecular weight excluding hydrogens is 725 g/mol. The quantitative estimate of drug-likeness (QED) is 0.0213. The first-order valence-electron chi connectivity index (χ1n) is 23.1. The summed E-state index contributed by atoms with van der Waals surface area (Å²) in [4.78, 5) is 35.4. The number of carbonyl (C=O) groups is 2. The van der Waals surface area contributed by atoms with Gasteiger partial charge in [-0.15, -0.1) is 0 Å². The zero-order valence-corrected chi connectivity index (χ0v) is 38.0. The van der Waals surface area contributed by atoms with Gasteiger partial charge in [-0.3, -0.25) is 18.6 Å². The smallest absolute Gasteiger partial charge is 0.462 e. The monoisotopic (exact) mass is 815 g/mol. The first kappa shape index (κ1) is 54.5. The number of phosphoric acid groups is 1. The van der Waals surface area contributed by atoms with Crippen LogP contribution in [-0.4, -0.2) is 74.9 Å². The van der Waals surface area contributed by atoms with Crippen molar-refractivity contribution >= 4 is 19.8 Å². The molecule has 0 heterocycles. The third kappa shape index (κ3) is 42.1. The van der Waals surface area contributed by atoms with Crippen LogP contribution in [0.4, 0.5) is 0 Å². The summed E-state index contributed by atoms with van der Waals surface area (Å²) in [7, 11) is 1.48. The highest BCUT2D eigenvalue weighted by Gasteiger charge is 2.27. The van der Waals surface area contributed by atoms with E-state index < -0.39 is 26.5 Å². The molecule has 0 aromatic rings. The molecule has 0 radical (unpaired) electrons. The molecule has 56 heavy (non-hydrogen) atoms. The van der Waals surface area contributed by atoms with Gasteiger partial charge in [0.2, 0.25) is 0 Å². The minimum Gasteiger partial charge on any atom is -0.462 e. The second-order valence-electron chi connectivity index (χ2n) is 16.8. The van der Waals surface area contributed by atoms with E-state index in [1.165, 1.54) is 116 Å². The fourth-order valence-corrected chi connectivity index (χ4v) is 7.07. The summed E-state index contributed by atoms with van der Waals surface area (Å²) in [6, 6.07) is 0. The Labute approximate surface area is 345 Å². The van der Waals surface area contributed by atoms with Crippen molar-refractivity contribution < 1.29 is 42.1 Å². The SMILES string of the molecule is CCCC/C=C/C/C=C/CCCCCCCC(=O)OC[C@H](COP(=O)(O)OCC[N+](C)(C)C)OC(=O)CCCCCCCCCCCCCCCCCCCC. The first-order valence-corrected chi connectivity index (χ1v) is 24.6. The van der Waals surface area contributed by atoms with E-state index in [1.54, 1.807) is 0 Å². The first-order chi connectivity index (χ1) is 27.0. The fraction of sp³-hybridized carbons (Fsp3) is 0.870. The maximum atomic E-state index is 12.7. The lowest BCUT2D eigenvalue weighted by atomic mass is 10.0. The van der Waals surface area contributed by atoms with E-state index in [4.69, 9.17) is 18.5 Å². The Hall–Kier alpha value is -1.51. The number of carbonyl (C=O) groups excluding carboxylic acids is 2. The van der Waals surface area contributed by atoms with Crippen molar-refractivity contribution in [3.63, 3.8) is 0 Å². The molecule has 0 saturated carbocycles. The van der Waals surface area contributed by atoms with Crippen LogP contribution in [0.2, 0.25) is 0 Å². The van der Waals surface area contributed by atoms with Gasteiger partial charge >= 0.3 is 19.8 Å². The van der Waals surface area contributed by atoms with Crippen LogP contribution < -0.4 is 0 Å². The zero-order chi connectivity index (χ0) is 41.4. The lowest BCUT2D eigenvalue weighted by Crippen LogP contribution is -2.37. The molecule has 0 amide bonds. The van der Waals surface area contributed by atoms with Crippen LogP contribution in [0.15, 0.2) is 24.3 Å². The summed E-state index contributed by atoms with van der Waals surface area (Å²) in [5.41, 5.74) is 0. The highest BCUT2D eigenvalue weighted by Crippen LogP contribution is 2.43. The number of unbranched alkanes of at least 4 members (excludes halogenated alkanes) is 24. The molecule has 0 aliphatic heterocycles. The summed E-state index contributed by atoms with van der Waals surface area (Å²) in [5.74, 6) is -0.806. The lowest BCUT2D eigenvalue weighted by molar-refractivity contribution is -0.870. The van der Waals surface area contributed by atoms with Gasteiger partial charge in [-0.05, 0) is 38.5 Å². The van der Waals surface area contributed by atoms with Crippen LogP contribution in [0.5, 0.6) is 0 Å². The number of phosphoric ester groups is 1. The van der Waals surface area contributed by atoms with Gasteiger partial charge in [-0.2, -0.15) is 0 Å². The summed E-state index contributed by atoms with van der Waals surface area (Å²) < 4.78 is 34.3. The summed E-state index contributed by atoms with van der Waals surface area (Å²) in [6.07, 6.45) is 42.2. The lowest BCUT2D eigenvalue weighted by Gasteiger charge is -2.24. The number of hydrogen-bond donors (Lipinski definition) is 1. The Bertz CT molecular complexity index is 1010. The number of allylic oxidation sites excluding steroid dienone is 4. The molecule has 1 N–H and O–H groups in total. The van der Waals surface area contributed by atoms with Gasteiger partial charge in [0.15, 0.2) is 6.10 Å². The van der Waals surface area contributed by atoms with E-state index in [-0.39, 0.29) is 32.0 Å². The second-order valence-corrected chi connectivity index (χ2v) is 18.2. The molecule has 0 rings (SSSR count). The number of likely N-dealkylation sites (N-methyl/N-ethyl adjacent to an activating group) is 1. The summed E-state index contributed by atoms with van der Waals surface area (Å²) in [6.45, 7) is 4.39. The molecule has 0 aromatic heterocycles. The standard InChI is InChI=1S/C46H88NO8P/c1-6-8-10-12-14-16-18-20-22-23-24-25-27-29-31-33-35-37-39-46(49)55-44(43-54-56(50,51)53-41-40-47(3,4)5)42-52-45(48)38-36-34-32-30-28-26-21-19-17-15-13-11-9-7-2/h13,15,19,21,44H,6-12,14,16-18,20,22-43H2,1-5H3/p+1/b15-13+,21-19+/t44-/m1/s1. The van der Waals surface area contributed by atoms with E-state index >= 15 is 0 Å². The molecule has 0 aliphatic carbocycles. The summed E-state index contributed by atoms with van der Waals surface area (Å²) in [5, 5.41) is 0. The van der Waals surface area contributed by atoms with Crippen LogP contribution in [0.25, 0.3) is 0 Å². The molecule has 0 aliphatic rings. The van der Waals surface area contributed by atoms with Gasteiger partial charge in [0.1, 0.15) is 19.8 Å². The Morgan fingerprint density at radius 3 is 1.46 bits per heavy atom. The van der Waals surface area contributed by atoms with Crippen LogP contribution >= 0.6 is 7.82 Å². The predicted molar refractivity (Wildman–Crippen MR) is 234 cm³/mol. The third-order valence-corrected chi connectivity index (χ3v) is 11.0. The van der Waals surface area contributed by atoms with E-state index in [0.717, 1.165) is 57.8 Å². The third-order valence-electron chi connectivity index (χ3n) is 9.98. The topological polar surface area (TPSA) is 108 Å². The minimum absolute atomic E-state index is 0.0313. The maximum Gasteiger partial charge on any atom is 0.472 e. The van der Waals surface area contributed by atoms with Gasteiger partial charge in [0, 0.05) is 12.8 Å². The van der Waals surface area contributed by atoms with Crippen molar-refractivity contribution in [2.75, 3.05) is 47.5 Å². The van der Waals surface area contributed by atoms with Crippen molar-refractivity contribution in [1.29, 1.82) is 0 Å². The van der Waals surface area contributed by atoms with Crippen LogP contribution in [0.1, 0.15) is 206 Å². The van der Waals surface area contributed by atoms with Gasteiger partial charge in [-0.1, -0.05) is 179 Å². The van der Waals surface area contributed by atoms with Crippen molar-refractivity contribution in [1.82, 2.24) is 0 Å². The van der Waals surface area contributed by atoms with Crippen molar-refractivity contribution in [3.8, 4) is 0 Å². The molecule has 0 aromatic carbocycles. The number of hydrogen-bond acceptors (Lipinski definition) is 7. The Kier molecular flexibility index (Phi) is 37.9. The average molecular weight is 815 g/mol. The Balaban J connectivity index is 4.31. The van der Waals surface area contributed by atoms with Gasteiger partial charge in [0.25, 0.3) is 0 Å². The number of esters is 2. The largest absolute Gasteiger partial charge is 0.472 e. The highest BCUT2D eigenvalue weighted by molar-refractivity contribution is 7.47. The van der Waals surface area contributed by atoms with Crippen LogP contribution in [0.3, 0.4) is 0 Å². The molecule has 2 atom stereocenters. The molecule has 0 spiro atoms. The number of quaternary nitrogens is 1. The maximum absolute atomic E-state index is 12.7. The molecule has 10 heteroatoms. The number of rotatable bonds is 42. The van der Waals surface area contributed by atoms with E-state index in [2.05, 4.69) is 38.2 Å². The minimum atomic E-state index is -4.37. The van der Waals surface area contributed by atoms with Crippen molar-refractivity contribution in [3.05, 3.63) is 24.3 Å². The number of nitrogens with zero attached hydrogens (tertiary/aromatic N) is 1. The molecular formula is C46H89NO8P+. The van der Waals surface area contributed by atoms with Crippen molar-refractivity contribution in [2.45, 2.75) is 213 Å². The van der Waals surface area contributed by atoms with Crippen LogP contribution in [0, 0.1) is 0 Å². The van der Waals surface area contributed by atoms with E-state index in [1.807, 2.05) is 21.1 Å². The molecule has 330 valence electrons. The molecule has 0 saturated heterocycles. The number of ether oxygens (including phenoxy) is 2. The summed E-state index contributed by atoms with van der Waals surface area (Å²) >= 11 is 0. The molecule has 0 bridgehead atoms. The van der Waals surface area contributed by atoms with E-state index in [0.29, 0.717) is 17.4 Å². The Morgan fingerprint density at radius 1 is 0.554 bits per heavy atom. The van der Waals surface area contributed by atoms with Gasteiger partial charge < -0.3 is 18.9 Å². The second kappa shape index (κ2) is 39.0. The zero-order valence-electron chi connectivity index (χ0n) is 37.1. The van der Waals surface area contributed by atoms with E-state index in [9.17, 15) is 19.0 Å². The Morgan fingerprint density at radius 2 is 0.982 bits per heavy atom. The van der Waals surface area contributed by atoms with Crippen molar-refractivity contribution in [2.24, 2.45) is 0 Å². The molecule has 1 unspecified atom stereocenters. The predicted octanol–water partition coefficient (Wildman–Crippen LogP) is 13.1. The average Bonchev–Trinajstić information content (AvgIpc) is 3.15. The normalized spacial score (nSPS) is 13.8. The van der Waals surface area contributed by atoms with Crippen LogP contribution in [-0.2, 0) is 32.7 Å².